The number of hydrogen-bond acceptors (Lipinski definition) is 4. The minimum Gasteiger partial charge on any atom is -0.494 e. The molecule has 4 heteroatoms. The summed E-state index contributed by atoms with van der Waals surface area (Å²) in [5.74, 6) is 2.22. The van der Waals surface area contributed by atoms with Gasteiger partial charge in [-0.3, -0.25) is 0 Å². The van der Waals surface area contributed by atoms with Gasteiger partial charge in [-0.15, -0.1) is 0 Å². The van der Waals surface area contributed by atoms with Gasteiger partial charge in [0.15, 0.2) is 0 Å². The Bertz CT molecular complexity index is 493. The lowest BCUT2D eigenvalue weighted by molar-refractivity contribution is 0.244. The van der Waals surface area contributed by atoms with Crippen molar-refractivity contribution in [1.29, 1.82) is 0 Å². The maximum Gasteiger partial charge on any atom is 0.129 e. The van der Waals surface area contributed by atoms with Crippen LogP contribution in [-0.4, -0.2) is 11.7 Å². The third kappa shape index (κ3) is 3.28. The summed E-state index contributed by atoms with van der Waals surface area (Å²) in [5.41, 5.74) is 0.975. The largest absolute Gasteiger partial charge is 0.494 e. The Morgan fingerprint density at radius 3 is 2.78 bits per heavy atom. The van der Waals surface area contributed by atoms with Gasteiger partial charge in [0, 0.05) is 11.8 Å². The SMILES string of the molecule is CCOc1cccc(NCc2ccc(CO)o2)c1. The van der Waals surface area contributed by atoms with Crippen molar-refractivity contribution in [2.45, 2.75) is 20.1 Å². The normalized spacial score (nSPS) is 10.3. The number of aliphatic hydroxyl groups is 1. The summed E-state index contributed by atoms with van der Waals surface area (Å²) in [4.78, 5) is 0. The summed E-state index contributed by atoms with van der Waals surface area (Å²) < 4.78 is 10.8. The van der Waals surface area contributed by atoms with E-state index in [1.54, 1.807) is 6.07 Å². The molecule has 0 aliphatic rings. The van der Waals surface area contributed by atoms with Crippen LogP contribution >= 0.6 is 0 Å². The molecule has 0 aliphatic carbocycles. The smallest absolute Gasteiger partial charge is 0.129 e. The molecule has 0 unspecified atom stereocenters. The number of anilines is 1. The Morgan fingerprint density at radius 2 is 2.06 bits per heavy atom. The molecule has 0 saturated carbocycles. The van der Waals surface area contributed by atoms with Gasteiger partial charge in [-0.25, -0.2) is 0 Å². The fourth-order valence-electron chi connectivity index (χ4n) is 1.65. The van der Waals surface area contributed by atoms with Crippen molar-refractivity contribution >= 4 is 5.69 Å². The van der Waals surface area contributed by atoms with Crippen LogP contribution in [-0.2, 0) is 13.2 Å². The molecule has 0 bridgehead atoms. The number of nitrogens with one attached hydrogen (secondary N) is 1. The predicted molar refractivity (Wildman–Crippen MR) is 69.6 cm³/mol. The summed E-state index contributed by atoms with van der Waals surface area (Å²) >= 11 is 0. The molecule has 0 amide bonds. The zero-order valence-electron chi connectivity index (χ0n) is 10.3. The molecule has 0 radical (unpaired) electrons. The second-order valence-electron chi connectivity index (χ2n) is 3.84. The van der Waals surface area contributed by atoms with Gasteiger partial charge in [0.05, 0.1) is 13.2 Å². The molecule has 0 fully saturated rings. The Balaban J connectivity index is 1.94. The van der Waals surface area contributed by atoms with Crippen LogP contribution in [0.5, 0.6) is 5.75 Å². The van der Waals surface area contributed by atoms with E-state index in [1.165, 1.54) is 0 Å². The van der Waals surface area contributed by atoms with Crippen molar-refractivity contribution < 1.29 is 14.3 Å². The monoisotopic (exact) mass is 247 g/mol. The highest BCUT2D eigenvalue weighted by Gasteiger charge is 2.01. The Labute approximate surface area is 106 Å². The first-order chi connectivity index (χ1) is 8.81. The molecule has 1 aromatic carbocycles. The van der Waals surface area contributed by atoms with Gasteiger partial charge in [0.25, 0.3) is 0 Å². The van der Waals surface area contributed by atoms with E-state index in [-0.39, 0.29) is 6.61 Å². The van der Waals surface area contributed by atoms with Crippen LogP contribution in [0.4, 0.5) is 5.69 Å². The first kappa shape index (κ1) is 12.5. The zero-order chi connectivity index (χ0) is 12.8. The number of benzene rings is 1. The van der Waals surface area contributed by atoms with Gasteiger partial charge in [0.1, 0.15) is 23.9 Å². The molecule has 1 aromatic heterocycles. The molecule has 0 atom stereocenters. The van der Waals surface area contributed by atoms with Crippen LogP contribution in [0, 0.1) is 0 Å². The quantitative estimate of drug-likeness (QED) is 0.824. The average molecular weight is 247 g/mol. The molecule has 18 heavy (non-hydrogen) atoms. The van der Waals surface area contributed by atoms with Crippen LogP contribution < -0.4 is 10.1 Å². The fraction of sp³-hybridized carbons (Fsp3) is 0.286. The van der Waals surface area contributed by atoms with Gasteiger partial charge < -0.3 is 19.6 Å². The van der Waals surface area contributed by atoms with Gasteiger partial charge in [-0.1, -0.05) is 6.07 Å². The first-order valence-electron chi connectivity index (χ1n) is 5.97. The summed E-state index contributed by atoms with van der Waals surface area (Å²) in [5, 5.41) is 12.1. The van der Waals surface area contributed by atoms with E-state index in [0.717, 1.165) is 17.2 Å². The molecule has 4 nitrogen and oxygen atoms in total. The molecule has 2 rings (SSSR count). The molecular formula is C14H17NO3. The van der Waals surface area contributed by atoms with Gasteiger partial charge in [-0.2, -0.15) is 0 Å². The van der Waals surface area contributed by atoms with E-state index < -0.39 is 0 Å². The molecule has 0 saturated heterocycles. The maximum atomic E-state index is 8.90. The van der Waals surface area contributed by atoms with Crippen molar-refractivity contribution in [3.05, 3.63) is 47.9 Å². The number of aliphatic hydroxyl groups excluding tert-OH is 1. The number of hydrogen-bond donors (Lipinski definition) is 2. The number of rotatable bonds is 6. The van der Waals surface area contributed by atoms with Crippen molar-refractivity contribution in [2.75, 3.05) is 11.9 Å². The summed E-state index contributed by atoms with van der Waals surface area (Å²) in [6, 6.07) is 11.4. The lowest BCUT2D eigenvalue weighted by atomic mass is 10.3. The standard InChI is InChI=1S/C14H17NO3/c1-2-17-12-5-3-4-11(8-12)15-9-13-6-7-14(10-16)18-13/h3-8,15-16H,2,9-10H2,1H3. The van der Waals surface area contributed by atoms with Crippen LogP contribution in [0.2, 0.25) is 0 Å². The lowest BCUT2D eigenvalue weighted by Gasteiger charge is -2.07. The number of furan rings is 1. The molecular weight excluding hydrogens is 230 g/mol. The molecule has 96 valence electrons. The Hall–Kier alpha value is -1.94. The third-order valence-electron chi connectivity index (χ3n) is 2.48. The van der Waals surface area contributed by atoms with Crippen LogP contribution in [0.15, 0.2) is 40.8 Å². The van der Waals surface area contributed by atoms with Gasteiger partial charge in [0.2, 0.25) is 0 Å². The van der Waals surface area contributed by atoms with Gasteiger partial charge in [-0.05, 0) is 31.2 Å². The predicted octanol–water partition coefficient (Wildman–Crippen LogP) is 2.78. The molecule has 0 spiro atoms. The number of ether oxygens (including phenoxy) is 1. The minimum atomic E-state index is -0.0696. The van der Waals surface area contributed by atoms with Crippen LogP contribution in [0.1, 0.15) is 18.4 Å². The summed E-state index contributed by atoms with van der Waals surface area (Å²) in [7, 11) is 0. The molecule has 1 heterocycles. The van der Waals surface area contributed by atoms with E-state index in [9.17, 15) is 0 Å². The topological polar surface area (TPSA) is 54.6 Å². The van der Waals surface area contributed by atoms with E-state index in [1.807, 2.05) is 37.3 Å². The van der Waals surface area contributed by atoms with E-state index in [0.29, 0.717) is 18.9 Å². The third-order valence-corrected chi connectivity index (χ3v) is 2.48. The van der Waals surface area contributed by atoms with Crippen LogP contribution in [0.25, 0.3) is 0 Å². The first-order valence-corrected chi connectivity index (χ1v) is 5.97. The van der Waals surface area contributed by atoms with E-state index in [4.69, 9.17) is 14.3 Å². The van der Waals surface area contributed by atoms with E-state index >= 15 is 0 Å². The Morgan fingerprint density at radius 1 is 1.22 bits per heavy atom. The fourth-order valence-corrected chi connectivity index (χ4v) is 1.65. The second-order valence-corrected chi connectivity index (χ2v) is 3.84. The lowest BCUT2D eigenvalue weighted by Crippen LogP contribution is -1.99. The van der Waals surface area contributed by atoms with Crippen molar-refractivity contribution in [3.63, 3.8) is 0 Å². The van der Waals surface area contributed by atoms with Crippen LogP contribution in [0.3, 0.4) is 0 Å². The summed E-state index contributed by atoms with van der Waals surface area (Å²) in [6.45, 7) is 3.12. The van der Waals surface area contributed by atoms with Crippen molar-refractivity contribution in [1.82, 2.24) is 0 Å². The highest BCUT2D eigenvalue weighted by atomic mass is 16.5. The molecule has 2 N–H and O–H groups in total. The molecule has 2 aromatic rings. The Kier molecular flexibility index (Phi) is 4.25. The summed E-state index contributed by atoms with van der Waals surface area (Å²) in [6.07, 6.45) is 0. The average Bonchev–Trinajstić information content (AvgIpc) is 2.85. The highest BCUT2D eigenvalue weighted by molar-refractivity contribution is 5.48. The second kappa shape index (κ2) is 6.12. The maximum absolute atomic E-state index is 8.90. The minimum absolute atomic E-state index is 0.0696. The van der Waals surface area contributed by atoms with Gasteiger partial charge >= 0.3 is 0 Å². The van der Waals surface area contributed by atoms with E-state index in [2.05, 4.69) is 5.32 Å². The van der Waals surface area contributed by atoms with Crippen molar-refractivity contribution in [3.8, 4) is 5.75 Å². The van der Waals surface area contributed by atoms with Crippen molar-refractivity contribution in [2.24, 2.45) is 0 Å². The zero-order valence-corrected chi connectivity index (χ0v) is 10.3. The highest BCUT2D eigenvalue weighted by Crippen LogP contribution is 2.18. The molecule has 0 aliphatic heterocycles.